The largest absolute Gasteiger partial charge is 0.441 e. The van der Waals surface area contributed by atoms with E-state index in [1.165, 1.54) is 12.5 Å². The summed E-state index contributed by atoms with van der Waals surface area (Å²) in [6.07, 6.45) is 7.53. The second-order valence-electron chi connectivity index (χ2n) is 9.63. The summed E-state index contributed by atoms with van der Waals surface area (Å²) in [5, 5.41) is 9.68. The summed E-state index contributed by atoms with van der Waals surface area (Å²) in [4.78, 5) is 31.7. The normalized spacial score (nSPS) is 20.2. The fraction of sp³-hybridized carbons (Fsp3) is 0.625. The van der Waals surface area contributed by atoms with Gasteiger partial charge in [0.1, 0.15) is 11.9 Å². The van der Waals surface area contributed by atoms with Crippen molar-refractivity contribution in [2.24, 2.45) is 5.92 Å². The molecule has 0 bridgehead atoms. The van der Waals surface area contributed by atoms with Crippen molar-refractivity contribution in [3.05, 3.63) is 34.3 Å². The number of aromatic nitrogens is 1. The zero-order valence-electron chi connectivity index (χ0n) is 19.8. The van der Waals surface area contributed by atoms with E-state index >= 15 is 0 Å². The second-order valence-corrected chi connectivity index (χ2v) is 9.63. The van der Waals surface area contributed by atoms with Crippen molar-refractivity contribution in [2.75, 3.05) is 32.5 Å². The molecule has 8 nitrogen and oxygen atoms in total. The molecule has 0 spiro atoms. The van der Waals surface area contributed by atoms with Gasteiger partial charge in [0, 0.05) is 13.1 Å². The number of fused-ring (bicyclic) bond motifs is 1. The van der Waals surface area contributed by atoms with Crippen molar-refractivity contribution in [3.8, 4) is 0 Å². The molecule has 34 heavy (non-hydrogen) atoms. The minimum Gasteiger partial charge on any atom is -0.405 e. The lowest BCUT2D eigenvalue weighted by Gasteiger charge is -2.42. The first kappa shape index (κ1) is 24.5. The number of carbonyl (C=O) groups excluding carboxylic acids is 1. The summed E-state index contributed by atoms with van der Waals surface area (Å²) in [5.41, 5.74) is -1.04. The van der Waals surface area contributed by atoms with Crippen molar-refractivity contribution in [2.45, 2.75) is 63.1 Å². The smallest absolute Gasteiger partial charge is 0.405 e. The molecule has 1 saturated carbocycles. The first-order valence-electron chi connectivity index (χ1n) is 12.0. The van der Waals surface area contributed by atoms with Crippen LogP contribution in [0.5, 0.6) is 0 Å². The molecule has 1 amide bonds. The molecule has 0 radical (unpaired) electrons. The highest BCUT2D eigenvalue weighted by atomic mass is 19.2. The molecule has 1 aromatic carbocycles. The summed E-state index contributed by atoms with van der Waals surface area (Å²) >= 11 is 0. The Bertz CT molecular complexity index is 1080. The van der Waals surface area contributed by atoms with Crippen molar-refractivity contribution in [1.29, 1.82) is 0 Å². The second kappa shape index (κ2) is 10.4. The molecule has 2 aromatic rings. The standard InChI is InChI=1S/C24H33F2N5O3/c1-27-24(10-12-31(2)13-11-24)30-22(32)18(14-15-6-4-3-5-7-15)28-21-16-8-9-17(25)19(26)20(16)34-23(33)29-21/h8-9,15,18,27H,3-7,10-14H2,1-2H3,(H,30,32)(H,28,29,33). The Morgan fingerprint density at radius 2 is 1.94 bits per heavy atom. The molecule has 1 aliphatic carbocycles. The number of anilines is 1. The molecule has 10 heteroatoms. The maximum atomic E-state index is 14.3. The number of rotatable bonds is 7. The number of nitrogens with zero attached hydrogens (tertiary/aromatic N) is 2. The van der Waals surface area contributed by atoms with E-state index in [1.54, 1.807) is 0 Å². The monoisotopic (exact) mass is 477 g/mol. The van der Waals surface area contributed by atoms with Gasteiger partial charge in [-0.3, -0.25) is 10.1 Å². The number of nitrogens with one attached hydrogen (secondary N) is 3. The third-order valence-corrected chi connectivity index (χ3v) is 7.30. The van der Waals surface area contributed by atoms with Crippen molar-refractivity contribution < 1.29 is 18.0 Å². The molecule has 1 unspecified atom stereocenters. The van der Waals surface area contributed by atoms with Crippen molar-refractivity contribution >= 4 is 22.7 Å². The Morgan fingerprint density at radius 3 is 2.62 bits per heavy atom. The number of hydrogen-bond donors (Lipinski definition) is 3. The van der Waals surface area contributed by atoms with E-state index in [4.69, 9.17) is 4.42 Å². The summed E-state index contributed by atoms with van der Waals surface area (Å²) in [6.45, 7) is 1.69. The number of likely N-dealkylation sites (tertiary alicyclic amines) is 1. The molecule has 4 rings (SSSR count). The number of amides is 1. The fourth-order valence-corrected chi connectivity index (χ4v) is 5.10. The summed E-state index contributed by atoms with van der Waals surface area (Å²) in [6, 6.07) is 1.56. The van der Waals surface area contributed by atoms with Gasteiger partial charge in [-0.15, -0.1) is 0 Å². The third kappa shape index (κ3) is 5.38. The fourth-order valence-electron chi connectivity index (χ4n) is 5.10. The summed E-state index contributed by atoms with van der Waals surface area (Å²) in [7, 11) is 3.89. The van der Waals surface area contributed by atoms with Crippen LogP contribution in [0.1, 0.15) is 51.4 Å². The van der Waals surface area contributed by atoms with Gasteiger partial charge >= 0.3 is 5.76 Å². The van der Waals surface area contributed by atoms with E-state index in [1.807, 2.05) is 7.05 Å². The zero-order chi connectivity index (χ0) is 24.3. The highest BCUT2D eigenvalue weighted by Gasteiger charge is 2.36. The van der Waals surface area contributed by atoms with Gasteiger partial charge in [-0.25, -0.2) is 9.18 Å². The van der Waals surface area contributed by atoms with Gasteiger partial charge in [-0.1, -0.05) is 32.1 Å². The molecular formula is C24H33F2N5O3. The number of halogens is 2. The average Bonchev–Trinajstić information content (AvgIpc) is 2.83. The molecule has 1 aromatic heterocycles. The van der Waals surface area contributed by atoms with E-state index in [2.05, 4.69) is 32.9 Å². The minimum absolute atomic E-state index is 0.0167. The Kier molecular flexibility index (Phi) is 7.47. The first-order valence-corrected chi connectivity index (χ1v) is 12.0. The molecule has 3 N–H and O–H groups in total. The molecule has 2 aliphatic rings. The Hall–Kier alpha value is -2.59. The lowest BCUT2D eigenvalue weighted by Crippen LogP contribution is -2.64. The van der Waals surface area contributed by atoms with Crippen LogP contribution in [0.2, 0.25) is 0 Å². The Balaban J connectivity index is 1.63. The number of hydrogen-bond acceptors (Lipinski definition) is 7. The molecule has 1 saturated heterocycles. The summed E-state index contributed by atoms with van der Waals surface area (Å²) in [5.74, 6) is -3.28. The van der Waals surface area contributed by atoms with Gasteiger partial charge in [0.25, 0.3) is 0 Å². The van der Waals surface area contributed by atoms with Crippen LogP contribution in [-0.2, 0) is 4.79 Å². The van der Waals surface area contributed by atoms with Crippen molar-refractivity contribution in [1.82, 2.24) is 20.5 Å². The predicted octanol–water partition coefficient (Wildman–Crippen LogP) is 2.97. The highest BCUT2D eigenvalue weighted by molar-refractivity contribution is 5.91. The van der Waals surface area contributed by atoms with E-state index < -0.39 is 34.7 Å². The van der Waals surface area contributed by atoms with Crippen LogP contribution in [0.25, 0.3) is 11.0 Å². The molecule has 2 heterocycles. The van der Waals surface area contributed by atoms with E-state index in [-0.39, 0.29) is 17.1 Å². The van der Waals surface area contributed by atoms with Gasteiger partial charge < -0.3 is 20.0 Å². The highest BCUT2D eigenvalue weighted by Crippen LogP contribution is 2.30. The van der Waals surface area contributed by atoms with E-state index in [0.717, 1.165) is 57.7 Å². The Morgan fingerprint density at radius 1 is 1.24 bits per heavy atom. The van der Waals surface area contributed by atoms with Gasteiger partial charge in [0.2, 0.25) is 11.7 Å². The summed E-state index contributed by atoms with van der Waals surface area (Å²) < 4.78 is 32.9. The molecular weight excluding hydrogens is 444 g/mol. The molecule has 186 valence electrons. The van der Waals surface area contributed by atoms with Crippen LogP contribution in [0, 0.1) is 17.6 Å². The van der Waals surface area contributed by atoms with Gasteiger partial charge in [0.15, 0.2) is 11.4 Å². The van der Waals surface area contributed by atoms with Crippen LogP contribution in [0.15, 0.2) is 21.3 Å². The average molecular weight is 478 g/mol. The van der Waals surface area contributed by atoms with Crippen LogP contribution in [0.4, 0.5) is 14.6 Å². The minimum atomic E-state index is -1.26. The maximum Gasteiger partial charge on any atom is 0.441 e. The SMILES string of the molecule is CNC1(NC(=O)C(CC2CCCCC2)Nc2nc(=O)oc3c(F)c(F)ccc23)CCN(C)CC1. The molecule has 1 atom stereocenters. The first-order chi connectivity index (χ1) is 16.3. The number of piperidine rings is 1. The topological polar surface area (TPSA) is 99.5 Å². The zero-order valence-corrected chi connectivity index (χ0v) is 19.8. The van der Waals surface area contributed by atoms with Gasteiger partial charge in [0.05, 0.1) is 11.0 Å². The lowest BCUT2D eigenvalue weighted by molar-refractivity contribution is -0.125. The maximum absolute atomic E-state index is 14.3. The van der Waals surface area contributed by atoms with Crippen LogP contribution >= 0.6 is 0 Å². The number of benzene rings is 1. The lowest BCUT2D eigenvalue weighted by atomic mass is 9.84. The Labute approximate surface area is 197 Å². The van der Waals surface area contributed by atoms with Gasteiger partial charge in [-0.2, -0.15) is 9.37 Å². The van der Waals surface area contributed by atoms with E-state index in [9.17, 15) is 18.4 Å². The van der Waals surface area contributed by atoms with Crippen molar-refractivity contribution in [3.63, 3.8) is 0 Å². The van der Waals surface area contributed by atoms with Crippen LogP contribution in [-0.4, -0.2) is 54.7 Å². The van der Waals surface area contributed by atoms with Gasteiger partial charge in [-0.05, 0) is 51.4 Å². The van der Waals surface area contributed by atoms with E-state index in [0.29, 0.717) is 12.3 Å². The molecule has 1 aliphatic heterocycles. The van der Waals surface area contributed by atoms with Crippen LogP contribution in [0.3, 0.4) is 0 Å². The quantitative estimate of drug-likeness (QED) is 0.527. The molecule has 2 fully saturated rings. The predicted molar refractivity (Wildman–Crippen MR) is 125 cm³/mol. The number of carbonyl (C=O) groups is 1. The van der Waals surface area contributed by atoms with Crippen LogP contribution < -0.4 is 21.7 Å². The third-order valence-electron chi connectivity index (χ3n) is 7.30.